The topological polar surface area (TPSA) is 78.5 Å². The van der Waals surface area contributed by atoms with Gasteiger partial charge >= 0.3 is 0 Å². The van der Waals surface area contributed by atoms with Crippen LogP contribution in [0.3, 0.4) is 0 Å². The lowest BCUT2D eigenvalue weighted by Gasteiger charge is -2.16. The number of hydrogen-bond donors (Lipinski definition) is 2. The molecule has 0 spiro atoms. The van der Waals surface area contributed by atoms with Crippen LogP contribution in [0.4, 0.5) is 17.1 Å². The number of nitrogens with zero attached hydrogens (tertiary/aromatic N) is 1. The second-order valence-corrected chi connectivity index (χ2v) is 8.76. The Hall–Kier alpha value is -3.90. The third kappa shape index (κ3) is 4.45. The fraction of sp³-hybridized carbons (Fsp3) is 0.148. The molecular weight excluding hydrogens is 450 g/mol. The number of anilines is 3. The summed E-state index contributed by atoms with van der Waals surface area (Å²) >= 11 is 6.24. The molecule has 0 saturated carbocycles. The van der Waals surface area contributed by atoms with Gasteiger partial charge in [-0.3, -0.25) is 14.4 Å². The Balaban J connectivity index is 1.50. The smallest absolute Gasteiger partial charge is 0.283 e. The van der Waals surface area contributed by atoms with Crippen molar-refractivity contribution in [2.45, 2.75) is 27.7 Å². The number of rotatable bonds is 5. The molecule has 3 aromatic carbocycles. The lowest BCUT2D eigenvalue weighted by Crippen LogP contribution is -2.32. The molecule has 0 atom stereocenters. The van der Waals surface area contributed by atoms with Crippen molar-refractivity contribution >= 4 is 46.4 Å². The van der Waals surface area contributed by atoms with Gasteiger partial charge in [-0.1, -0.05) is 29.8 Å². The highest BCUT2D eigenvalue weighted by Crippen LogP contribution is 2.31. The number of nitrogens with one attached hydrogen (secondary N) is 2. The van der Waals surface area contributed by atoms with Gasteiger partial charge in [-0.2, -0.15) is 0 Å². The van der Waals surface area contributed by atoms with Gasteiger partial charge in [-0.05, 0) is 92.4 Å². The summed E-state index contributed by atoms with van der Waals surface area (Å²) in [5.74, 6) is -1.36. The van der Waals surface area contributed by atoms with Gasteiger partial charge in [0.05, 0.1) is 5.69 Å². The van der Waals surface area contributed by atoms with Crippen molar-refractivity contribution in [3.63, 3.8) is 0 Å². The maximum atomic E-state index is 13.0. The zero-order chi connectivity index (χ0) is 24.6. The zero-order valence-corrected chi connectivity index (χ0v) is 20.1. The average Bonchev–Trinajstić information content (AvgIpc) is 2.99. The Bertz CT molecular complexity index is 1340. The predicted molar refractivity (Wildman–Crippen MR) is 135 cm³/mol. The second-order valence-electron chi connectivity index (χ2n) is 8.38. The lowest BCUT2D eigenvalue weighted by atomic mass is 10.1. The highest BCUT2D eigenvalue weighted by atomic mass is 35.5. The molecule has 1 heterocycles. The molecule has 4 rings (SSSR count). The number of carbonyl (C=O) groups excluding carboxylic acids is 3. The summed E-state index contributed by atoms with van der Waals surface area (Å²) in [7, 11) is 0. The van der Waals surface area contributed by atoms with Crippen molar-refractivity contribution in [1.29, 1.82) is 0 Å². The first-order valence-corrected chi connectivity index (χ1v) is 11.1. The minimum absolute atomic E-state index is 0.00147. The summed E-state index contributed by atoms with van der Waals surface area (Å²) in [6, 6.07) is 17.8. The van der Waals surface area contributed by atoms with Crippen LogP contribution in [-0.4, -0.2) is 17.7 Å². The average molecular weight is 474 g/mol. The molecule has 3 amide bonds. The fourth-order valence-electron chi connectivity index (χ4n) is 3.86. The highest BCUT2D eigenvalue weighted by Gasteiger charge is 2.39. The first-order valence-electron chi connectivity index (χ1n) is 10.8. The van der Waals surface area contributed by atoms with Crippen LogP contribution in [0.2, 0.25) is 0 Å². The molecule has 0 fully saturated rings. The van der Waals surface area contributed by atoms with E-state index in [1.54, 1.807) is 36.4 Å². The number of halogens is 1. The van der Waals surface area contributed by atoms with Crippen molar-refractivity contribution in [3.05, 3.63) is 99.2 Å². The van der Waals surface area contributed by atoms with E-state index in [9.17, 15) is 14.4 Å². The molecule has 0 aliphatic carbocycles. The number of hydrogen-bond acceptors (Lipinski definition) is 4. The molecule has 1 aliphatic heterocycles. The van der Waals surface area contributed by atoms with Gasteiger partial charge in [0.25, 0.3) is 17.7 Å². The van der Waals surface area contributed by atoms with Gasteiger partial charge in [-0.15, -0.1) is 0 Å². The summed E-state index contributed by atoms with van der Waals surface area (Å²) in [5, 5.41) is 5.67. The van der Waals surface area contributed by atoms with Crippen LogP contribution in [0.1, 0.15) is 32.6 Å². The Morgan fingerprint density at radius 1 is 0.853 bits per heavy atom. The molecule has 0 saturated heterocycles. The molecule has 34 heavy (non-hydrogen) atoms. The van der Waals surface area contributed by atoms with Crippen molar-refractivity contribution in [1.82, 2.24) is 0 Å². The maximum Gasteiger partial charge on any atom is 0.283 e. The van der Waals surface area contributed by atoms with E-state index >= 15 is 0 Å². The number of imide groups is 1. The van der Waals surface area contributed by atoms with Gasteiger partial charge in [0.15, 0.2) is 0 Å². The Morgan fingerprint density at radius 3 is 2.15 bits per heavy atom. The fourth-order valence-corrected chi connectivity index (χ4v) is 4.07. The second kappa shape index (κ2) is 9.15. The maximum absolute atomic E-state index is 13.0. The number of benzene rings is 3. The molecular formula is C27H24ClN3O3. The lowest BCUT2D eigenvalue weighted by molar-refractivity contribution is -0.120. The Morgan fingerprint density at radius 2 is 1.50 bits per heavy atom. The van der Waals surface area contributed by atoms with Crippen LogP contribution in [0, 0.1) is 27.7 Å². The number of amides is 3. The molecule has 3 aromatic rings. The first-order chi connectivity index (χ1) is 16.2. The summed E-state index contributed by atoms with van der Waals surface area (Å²) in [6.07, 6.45) is 0. The van der Waals surface area contributed by atoms with E-state index in [-0.39, 0.29) is 16.6 Å². The minimum atomic E-state index is -0.580. The van der Waals surface area contributed by atoms with Crippen molar-refractivity contribution in [2.75, 3.05) is 15.5 Å². The molecule has 172 valence electrons. The van der Waals surface area contributed by atoms with Gasteiger partial charge in [0, 0.05) is 16.9 Å². The molecule has 0 unspecified atom stereocenters. The van der Waals surface area contributed by atoms with Gasteiger partial charge in [0.2, 0.25) is 0 Å². The van der Waals surface area contributed by atoms with E-state index in [2.05, 4.69) is 10.6 Å². The normalized spacial score (nSPS) is 13.5. The predicted octanol–water partition coefficient (Wildman–Crippen LogP) is 5.61. The van der Waals surface area contributed by atoms with E-state index < -0.39 is 11.8 Å². The molecule has 2 N–H and O–H groups in total. The van der Waals surface area contributed by atoms with Crippen LogP contribution >= 0.6 is 11.6 Å². The monoisotopic (exact) mass is 473 g/mol. The standard InChI is InChI=1S/C27H24ClN3O3/c1-15-12-16(2)14-21(13-15)31-26(33)23(28)24(27(31)34)29-20-10-8-19(9-11-20)25(32)30-22-7-5-6-17(3)18(22)4/h5-14,29H,1-4H3,(H,30,32). The van der Waals surface area contributed by atoms with E-state index in [4.69, 9.17) is 11.6 Å². The van der Waals surface area contributed by atoms with Crippen LogP contribution < -0.4 is 15.5 Å². The van der Waals surface area contributed by atoms with Gasteiger partial charge < -0.3 is 10.6 Å². The summed E-state index contributed by atoms with van der Waals surface area (Å²) in [5.41, 5.74) is 6.18. The highest BCUT2D eigenvalue weighted by molar-refractivity contribution is 6.53. The van der Waals surface area contributed by atoms with Gasteiger partial charge in [0.1, 0.15) is 10.7 Å². The van der Waals surface area contributed by atoms with Crippen molar-refractivity contribution < 1.29 is 14.4 Å². The quantitative estimate of drug-likeness (QED) is 0.472. The van der Waals surface area contributed by atoms with Crippen LogP contribution in [0.15, 0.2) is 71.4 Å². The summed E-state index contributed by atoms with van der Waals surface area (Å²) in [4.78, 5) is 39.5. The third-order valence-corrected chi connectivity index (χ3v) is 6.11. The molecule has 0 radical (unpaired) electrons. The minimum Gasteiger partial charge on any atom is -0.350 e. The van der Waals surface area contributed by atoms with Crippen LogP contribution in [-0.2, 0) is 9.59 Å². The summed E-state index contributed by atoms with van der Waals surface area (Å²) < 4.78 is 0. The zero-order valence-electron chi connectivity index (χ0n) is 19.3. The van der Waals surface area contributed by atoms with E-state index in [0.717, 1.165) is 32.8 Å². The molecule has 7 heteroatoms. The largest absolute Gasteiger partial charge is 0.350 e. The third-order valence-electron chi connectivity index (χ3n) is 5.76. The van der Waals surface area contributed by atoms with Crippen LogP contribution in [0.25, 0.3) is 0 Å². The molecule has 6 nitrogen and oxygen atoms in total. The van der Waals surface area contributed by atoms with Crippen LogP contribution in [0.5, 0.6) is 0 Å². The van der Waals surface area contributed by atoms with E-state index in [1.807, 2.05) is 52.0 Å². The van der Waals surface area contributed by atoms with E-state index in [1.165, 1.54) is 0 Å². The summed E-state index contributed by atoms with van der Waals surface area (Å²) in [6.45, 7) is 7.74. The number of aryl methyl sites for hydroxylation is 3. The number of carbonyl (C=O) groups is 3. The first kappa shape index (κ1) is 23.3. The van der Waals surface area contributed by atoms with Gasteiger partial charge in [-0.25, -0.2) is 4.90 Å². The SMILES string of the molecule is Cc1cc(C)cc(N2C(=O)C(Cl)=C(Nc3ccc(C(=O)Nc4cccc(C)c4C)cc3)C2=O)c1. The molecule has 0 aromatic heterocycles. The Labute approximate surface area is 203 Å². The van der Waals surface area contributed by atoms with Crippen molar-refractivity contribution in [2.24, 2.45) is 0 Å². The molecule has 0 bridgehead atoms. The Kier molecular flexibility index (Phi) is 6.26. The van der Waals surface area contributed by atoms with E-state index in [0.29, 0.717) is 16.9 Å². The van der Waals surface area contributed by atoms with Crippen molar-refractivity contribution in [3.8, 4) is 0 Å². The molecule has 1 aliphatic rings.